The standard InChI is InChI=1S/C8H11N3O2/c1-10-5-9-7(2-8(10)13)11-3-6(12)4-11/h2,5-6,12H,3-4H2,1H3. The fourth-order valence-electron chi connectivity index (χ4n) is 1.27. The highest BCUT2D eigenvalue weighted by Gasteiger charge is 2.25. The summed E-state index contributed by atoms with van der Waals surface area (Å²) in [6.07, 6.45) is 1.22. The molecule has 0 saturated carbocycles. The summed E-state index contributed by atoms with van der Waals surface area (Å²) in [5.74, 6) is 0.647. The molecule has 13 heavy (non-hydrogen) atoms. The molecular weight excluding hydrogens is 170 g/mol. The van der Waals surface area contributed by atoms with Gasteiger partial charge in [-0.1, -0.05) is 0 Å². The molecule has 5 nitrogen and oxygen atoms in total. The molecule has 1 aliphatic heterocycles. The Bertz CT molecular complexity index is 368. The van der Waals surface area contributed by atoms with Gasteiger partial charge in [-0.05, 0) is 0 Å². The number of aliphatic hydroxyl groups is 1. The Labute approximate surface area is 75.3 Å². The molecule has 0 radical (unpaired) electrons. The molecule has 1 aromatic rings. The second kappa shape index (κ2) is 2.85. The van der Waals surface area contributed by atoms with Crippen LogP contribution in [0.3, 0.4) is 0 Å². The van der Waals surface area contributed by atoms with Crippen LogP contribution in [0.4, 0.5) is 5.82 Å². The average molecular weight is 181 g/mol. The number of anilines is 1. The zero-order chi connectivity index (χ0) is 9.42. The van der Waals surface area contributed by atoms with Gasteiger partial charge < -0.3 is 14.6 Å². The lowest BCUT2D eigenvalue weighted by Gasteiger charge is -2.36. The van der Waals surface area contributed by atoms with E-state index in [1.807, 2.05) is 4.90 Å². The van der Waals surface area contributed by atoms with E-state index in [-0.39, 0.29) is 11.7 Å². The highest BCUT2D eigenvalue weighted by atomic mass is 16.3. The summed E-state index contributed by atoms with van der Waals surface area (Å²) in [7, 11) is 1.66. The molecule has 0 amide bonds. The van der Waals surface area contributed by atoms with Crippen LogP contribution >= 0.6 is 0 Å². The lowest BCUT2D eigenvalue weighted by atomic mass is 10.2. The van der Waals surface area contributed by atoms with Crippen molar-refractivity contribution in [1.29, 1.82) is 0 Å². The number of hydrogen-bond donors (Lipinski definition) is 1. The van der Waals surface area contributed by atoms with Crippen LogP contribution < -0.4 is 10.5 Å². The van der Waals surface area contributed by atoms with Gasteiger partial charge in [0.05, 0.1) is 12.4 Å². The van der Waals surface area contributed by atoms with Crippen LogP contribution in [0.2, 0.25) is 0 Å². The molecule has 0 spiro atoms. The molecule has 70 valence electrons. The maximum atomic E-state index is 11.2. The summed E-state index contributed by atoms with van der Waals surface area (Å²) in [5.41, 5.74) is -0.0774. The van der Waals surface area contributed by atoms with Gasteiger partial charge in [-0.2, -0.15) is 0 Å². The van der Waals surface area contributed by atoms with Crippen LogP contribution in [0.5, 0.6) is 0 Å². The van der Waals surface area contributed by atoms with E-state index >= 15 is 0 Å². The predicted octanol–water partition coefficient (Wildman–Crippen LogP) is -1.04. The van der Waals surface area contributed by atoms with E-state index < -0.39 is 0 Å². The Morgan fingerprint density at radius 3 is 2.85 bits per heavy atom. The van der Waals surface area contributed by atoms with E-state index in [1.165, 1.54) is 17.0 Å². The van der Waals surface area contributed by atoms with Gasteiger partial charge in [0.25, 0.3) is 5.56 Å². The maximum Gasteiger partial charge on any atom is 0.255 e. The van der Waals surface area contributed by atoms with Crippen molar-refractivity contribution in [3.8, 4) is 0 Å². The van der Waals surface area contributed by atoms with Crippen LogP contribution in [0.15, 0.2) is 17.2 Å². The van der Waals surface area contributed by atoms with E-state index in [0.29, 0.717) is 18.9 Å². The Morgan fingerprint density at radius 2 is 2.31 bits per heavy atom. The van der Waals surface area contributed by atoms with E-state index in [1.54, 1.807) is 7.05 Å². The number of hydrogen-bond acceptors (Lipinski definition) is 4. The molecule has 0 bridgehead atoms. The number of rotatable bonds is 1. The molecule has 2 heterocycles. The first-order valence-electron chi connectivity index (χ1n) is 4.12. The topological polar surface area (TPSA) is 58.4 Å². The highest BCUT2D eigenvalue weighted by Crippen LogP contribution is 2.15. The van der Waals surface area contributed by atoms with Crippen LogP contribution in [-0.4, -0.2) is 33.9 Å². The summed E-state index contributed by atoms with van der Waals surface area (Å²) in [5, 5.41) is 9.05. The van der Waals surface area contributed by atoms with Crippen LogP contribution in [0.1, 0.15) is 0 Å². The van der Waals surface area contributed by atoms with Crippen LogP contribution in [0, 0.1) is 0 Å². The van der Waals surface area contributed by atoms with Gasteiger partial charge in [-0.3, -0.25) is 4.79 Å². The van der Waals surface area contributed by atoms with E-state index in [4.69, 9.17) is 5.11 Å². The minimum absolute atomic E-state index is 0.0774. The number of aromatic nitrogens is 2. The lowest BCUT2D eigenvalue weighted by molar-refractivity contribution is 0.141. The van der Waals surface area contributed by atoms with Crippen molar-refractivity contribution in [3.05, 3.63) is 22.7 Å². The minimum Gasteiger partial charge on any atom is -0.389 e. The van der Waals surface area contributed by atoms with Crippen molar-refractivity contribution in [2.45, 2.75) is 6.10 Å². The van der Waals surface area contributed by atoms with Gasteiger partial charge in [-0.15, -0.1) is 0 Å². The van der Waals surface area contributed by atoms with Crippen molar-refractivity contribution in [1.82, 2.24) is 9.55 Å². The zero-order valence-electron chi connectivity index (χ0n) is 7.34. The summed E-state index contributed by atoms with van der Waals surface area (Å²) in [6.45, 7) is 1.14. The van der Waals surface area contributed by atoms with Crippen molar-refractivity contribution in [3.63, 3.8) is 0 Å². The second-order valence-corrected chi connectivity index (χ2v) is 3.26. The third-order valence-corrected chi connectivity index (χ3v) is 2.15. The van der Waals surface area contributed by atoms with Crippen molar-refractivity contribution < 1.29 is 5.11 Å². The maximum absolute atomic E-state index is 11.2. The second-order valence-electron chi connectivity index (χ2n) is 3.26. The van der Waals surface area contributed by atoms with Gasteiger partial charge in [0.1, 0.15) is 5.82 Å². The molecule has 1 saturated heterocycles. The summed E-state index contributed by atoms with van der Waals surface area (Å²) in [4.78, 5) is 17.1. The third kappa shape index (κ3) is 1.42. The van der Waals surface area contributed by atoms with Crippen molar-refractivity contribution >= 4 is 5.82 Å². The van der Waals surface area contributed by atoms with Crippen molar-refractivity contribution in [2.75, 3.05) is 18.0 Å². The SMILES string of the molecule is Cn1cnc(N2CC(O)C2)cc1=O. The van der Waals surface area contributed by atoms with Gasteiger partial charge in [-0.25, -0.2) is 4.98 Å². The van der Waals surface area contributed by atoms with E-state index in [9.17, 15) is 4.79 Å². The van der Waals surface area contributed by atoms with Gasteiger partial charge >= 0.3 is 0 Å². The smallest absolute Gasteiger partial charge is 0.255 e. The van der Waals surface area contributed by atoms with Crippen LogP contribution in [-0.2, 0) is 7.05 Å². The number of β-amino-alcohol motifs (C(OH)–C–C–N with tert-alkyl or cyclic N) is 1. The third-order valence-electron chi connectivity index (χ3n) is 2.15. The largest absolute Gasteiger partial charge is 0.389 e. The summed E-state index contributed by atoms with van der Waals surface area (Å²) < 4.78 is 1.42. The van der Waals surface area contributed by atoms with Gasteiger partial charge in [0.2, 0.25) is 0 Å². The highest BCUT2D eigenvalue weighted by molar-refractivity contribution is 5.40. The number of aryl methyl sites for hydroxylation is 1. The summed E-state index contributed by atoms with van der Waals surface area (Å²) >= 11 is 0. The molecule has 2 rings (SSSR count). The Hall–Kier alpha value is -1.36. The normalized spacial score (nSPS) is 17.2. The fourth-order valence-corrected chi connectivity index (χ4v) is 1.27. The molecule has 0 unspecified atom stereocenters. The van der Waals surface area contributed by atoms with E-state index in [0.717, 1.165) is 0 Å². The molecule has 0 aliphatic carbocycles. The Kier molecular flexibility index (Phi) is 1.81. The Morgan fingerprint density at radius 1 is 1.62 bits per heavy atom. The first-order chi connectivity index (χ1) is 6.16. The van der Waals surface area contributed by atoms with Crippen molar-refractivity contribution in [2.24, 2.45) is 7.05 Å². The predicted molar refractivity (Wildman–Crippen MR) is 47.7 cm³/mol. The van der Waals surface area contributed by atoms with Gasteiger partial charge in [0.15, 0.2) is 0 Å². The number of nitrogens with zero attached hydrogens (tertiary/aromatic N) is 3. The van der Waals surface area contributed by atoms with E-state index in [2.05, 4.69) is 4.98 Å². The molecular formula is C8H11N3O2. The Balaban J connectivity index is 2.23. The number of aliphatic hydroxyl groups excluding tert-OH is 1. The molecule has 1 fully saturated rings. The molecule has 0 atom stereocenters. The minimum atomic E-state index is -0.272. The molecule has 1 aliphatic rings. The molecule has 0 aromatic carbocycles. The first-order valence-corrected chi connectivity index (χ1v) is 4.12. The quantitative estimate of drug-likeness (QED) is 0.601. The average Bonchev–Trinajstić information content (AvgIpc) is 2.05. The monoisotopic (exact) mass is 181 g/mol. The molecule has 1 aromatic heterocycles. The molecule has 5 heteroatoms. The zero-order valence-corrected chi connectivity index (χ0v) is 7.34. The lowest BCUT2D eigenvalue weighted by Crippen LogP contribution is -2.51. The van der Waals surface area contributed by atoms with Crippen LogP contribution in [0.25, 0.3) is 0 Å². The summed E-state index contributed by atoms with van der Waals surface area (Å²) in [6, 6.07) is 1.48. The molecule has 1 N–H and O–H groups in total. The van der Waals surface area contributed by atoms with Gasteiger partial charge in [0, 0.05) is 26.2 Å². The fraction of sp³-hybridized carbons (Fsp3) is 0.500. The first kappa shape index (κ1) is 8.25.